The van der Waals surface area contributed by atoms with E-state index in [4.69, 9.17) is 4.74 Å². The molecule has 0 unspecified atom stereocenters. The van der Waals surface area contributed by atoms with E-state index in [-0.39, 0.29) is 18.2 Å². The Bertz CT molecular complexity index is 943. The molecule has 0 heterocycles. The van der Waals surface area contributed by atoms with E-state index in [1.807, 2.05) is 72.8 Å². The monoisotopic (exact) mass is 402 g/mol. The third-order valence-corrected chi connectivity index (χ3v) is 4.53. The summed E-state index contributed by atoms with van der Waals surface area (Å²) < 4.78 is 5.77. The van der Waals surface area contributed by atoms with E-state index in [1.165, 1.54) is 0 Å². The zero-order valence-electron chi connectivity index (χ0n) is 16.8. The molecule has 2 amide bonds. The lowest BCUT2D eigenvalue weighted by molar-refractivity contribution is -0.121. The van der Waals surface area contributed by atoms with Crippen LogP contribution in [-0.2, 0) is 29.3 Å². The van der Waals surface area contributed by atoms with E-state index in [2.05, 4.69) is 10.6 Å². The molecule has 3 aromatic rings. The molecule has 3 aromatic carbocycles. The Morgan fingerprint density at radius 1 is 0.700 bits per heavy atom. The summed E-state index contributed by atoms with van der Waals surface area (Å²) in [6, 6.07) is 27.0. The molecule has 5 nitrogen and oxygen atoms in total. The van der Waals surface area contributed by atoms with Crippen molar-refractivity contribution in [2.45, 2.75) is 26.2 Å². The molecule has 0 aromatic heterocycles. The number of hydrogen-bond acceptors (Lipinski definition) is 3. The highest BCUT2D eigenvalue weighted by molar-refractivity contribution is 5.94. The second-order valence-electron chi connectivity index (χ2n) is 6.95. The van der Waals surface area contributed by atoms with Gasteiger partial charge in [0.05, 0.1) is 13.2 Å². The van der Waals surface area contributed by atoms with E-state index >= 15 is 0 Å². The van der Waals surface area contributed by atoms with Crippen LogP contribution in [0.1, 0.15) is 33.5 Å². The first-order chi connectivity index (χ1) is 14.7. The molecule has 0 radical (unpaired) electrons. The van der Waals surface area contributed by atoms with Crippen LogP contribution in [0.4, 0.5) is 0 Å². The molecule has 0 aliphatic rings. The molecule has 0 aliphatic heterocycles. The predicted octanol–water partition coefficient (Wildman–Crippen LogP) is 3.84. The van der Waals surface area contributed by atoms with Crippen molar-refractivity contribution in [3.63, 3.8) is 0 Å². The molecule has 0 spiro atoms. The van der Waals surface area contributed by atoms with Gasteiger partial charge in [-0.25, -0.2) is 0 Å². The van der Waals surface area contributed by atoms with Crippen molar-refractivity contribution in [1.82, 2.24) is 10.6 Å². The van der Waals surface area contributed by atoms with Crippen LogP contribution in [0.25, 0.3) is 0 Å². The highest BCUT2D eigenvalue weighted by Gasteiger charge is 2.06. The normalized spacial score (nSPS) is 10.4. The minimum atomic E-state index is -0.174. The van der Waals surface area contributed by atoms with Crippen molar-refractivity contribution < 1.29 is 14.3 Å². The number of nitrogens with one attached hydrogen (secondary N) is 2. The Hall–Kier alpha value is -3.44. The average molecular weight is 402 g/mol. The maximum absolute atomic E-state index is 12.1. The molecule has 0 saturated carbocycles. The SMILES string of the molecule is O=C(CCNC(=O)c1ccccc1)NCc1cccc(COCc2ccccc2)c1. The molecule has 0 aliphatic carbocycles. The second-order valence-corrected chi connectivity index (χ2v) is 6.95. The second kappa shape index (κ2) is 11.5. The lowest BCUT2D eigenvalue weighted by atomic mass is 10.1. The fraction of sp³-hybridized carbons (Fsp3) is 0.200. The summed E-state index contributed by atoms with van der Waals surface area (Å²) in [5.74, 6) is -0.277. The van der Waals surface area contributed by atoms with Crippen LogP contribution >= 0.6 is 0 Å². The Balaban J connectivity index is 1.36. The van der Waals surface area contributed by atoms with Gasteiger partial charge in [0.2, 0.25) is 5.91 Å². The van der Waals surface area contributed by atoms with E-state index < -0.39 is 0 Å². The van der Waals surface area contributed by atoms with Gasteiger partial charge in [0.15, 0.2) is 0 Å². The van der Waals surface area contributed by atoms with Crippen molar-refractivity contribution in [2.24, 2.45) is 0 Å². The largest absolute Gasteiger partial charge is 0.372 e. The van der Waals surface area contributed by atoms with E-state index in [9.17, 15) is 9.59 Å². The fourth-order valence-corrected chi connectivity index (χ4v) is 2.96. The van der Waals surface area contributed by atoms with E-state index in [0.717, 1.165) is 16.7 Å². The van der Waals surface area contributed by atoms with Gasteiger partial charge < -0.3 is 15.4 Å². The van der Waals surface area contributed by atoms with Crippen LogP contribution in [0.2, 0.25) is 0 Å². The van der Waals surface area contributed by atoms with Crippen molar-refractivity contribution in [3.8, 4) is 0 Å². The standard InChI is InChI=1S/C25H26N2O3/c28-24(14-15-26-25(29)23-12-5-2-6-13-23)27-17-21-10-7-11-22(16-21)19-30-18-20-8-3-1-4-9-20/h1-13,16H,14-15,17-19H2,(H,26,29)(H,27,28). The Labute approximate surface area is 177 Å². The molecule has 5 heteroatoms. The highest BCUT2D eigenvalue weighted by atomic mass is 16.5. The van der Waals surface area contributed by atoms with Crippen molar-refractivity contribution in [3.05, 3.63) is 107 Å². The van der Waals surface area contributed by atoms with Crippen molar-refractivity contribution in [1.29, 1.82) is 0 Å². The number of benzene rings is 3. The summed E-state index contributed by atoms with van der Waals surface area (Å²) in [6.45, 7) is 1.82. The van der Waals surface area contributed by atoms with E-state index in [0.29, 0.717) is 31.9 Å². The summed E-state index contributed by atoms with van der Waals surface area (Å²) in [7, 11) is 0. The maximum atomic E-state index is 12.1. The molecule has 30 heavy (non-hydrogen) atoms. The lowest BCUT2D eigenvalue weighted by Gasteiger charge is -2.09. The molecular weight excluding hydrogens is 376 g/mol. The van der Waals surface area contributed by atoms with Gasteiger partial charge in [0, 0.05) is 25.1 Å². The fourth-order valence-electron chi connectivity index (χ4n) is 2.96. The van der Waals surface area contributed by atoms with Gasteiger partial charge >= 0.3 is 0 Å². The first kappa shape index (κ1) is 21.3. The number of carbonyl (C=O) groups is 2. The van der Waals surface area contributed by atoms with Gasteiger partial charge in [-0.1, -0.05) is 72.8 Å². The lowest BCUT2D eigenvalue weighted by Crippen LogP contribution is -2.30. The average Bonchev–Trinajstić information content (AvgIpc) is 2.79. The van der Waals surface area contributed by atoms with Crippen LogP contribution in [0, 0.1) is 0 Å². The molecule has 0 fully saturated rings. The zero-order valence-corrected chi connectivity index (χ0v) is 16.8. The summed E-state index contributed by atoms with van der Waals surface area (Å²) >= 11 is 0. The Morgan fingerprint density at radius 2 is 1.33 bits per heavy atom. The molecule has 3 rings (SSSR count). The summed E-state index contributed by atoms with van der Waals surface area (Å²) in [4.78, 5) is 24.0. The number of carbonyl (C=O) groups excluding carboxylic acids is 2. The third-order valence-electron chi connectivity index (χ3n) is 4.53. The maximum Gasteiger partial charge on any atom is 0.251 e. The summed E-state index contributed by atoms with van der Waals surface area (Å²) in [6.07, 6.45) is 0.235. The Morgan fingerprint density at radius 3 is 2.10 bits per heavy atom. The first-order valence-corrected chi connectivity index (χ1v) is 10.00. The van der Waals surface area contributed by atoms with Crippen LogP contribution in [0.15, 0.2) is 84.9 Å². The number of hydrogen-bond donors (Lipinski definition) is 2. The minimum Gasteiger partial charge on any atom is -0.372 e. The first-order valence-electron chi connectivity index (χ1n) is 10.00. The summed E-state index contributed by atoms with van der Waals surface area (Å²) in [5, 5.41) is 5.65. The van der Waals surface area contributed by atoms with Crippen molar-refractivity contribution in [2.75, 3.05) is 6.54 Å². The van der Waals surface area contributed by atoms with Crippen LogP contribution < -0.4 is 10.6 Å². The van der Waals surface area contributed by atoms with Gasteiger partial charge in [-0.2, -0.15) is 0 Å². The quantitative estimate of drug-likeness (QED) is 0.541. The molecule has 2 N–H and O–H groups in total. The van der Waals surface area contributed by atoms with Gasteiger partial charge in [-0.15, -0.1) is 0 Å². The van der Waals surface area contributed by atoms with Gasteiger partial charge in [-0.3, -0.25) is 9.59 Å². The highest BCUT2D eigenvalue weighted by Crippen LogP contribution is 2.09. The van der Waals surface area contributed by atoms with Gasteiger partial charge in [0.1, 0.15) is 0 Å². The van der Waals surface area contributed by atoms with Crippen LogP contribution in [0.5, 0.6) is 0 Å². The van der Waals surface area contributed by atoms with Crippen LogP contribution in [0.3, 0.4) is 0 Å². The topological polar surface area (TPSA) is 67.4 Å². The predicted molar refractivity (Wildman–Crippen MR) is 117 cm³/mol. The minimum absolute atomic E-state index is 0.103. The number of rotatable bonds is 10. The van der Waals surface area contributed by atoms with Gasteiger partial charge in [0.25, 0.3) is 5.91 Å². The number of ether oxygens (including phenoxy) is 1. The molecular formula is C25H26N2O3. The van der Waals surface area contributed by atoms with E-state index in [1.54, 1.807) is 12.1 Å². The Kier molecular flexibility index (Phi) is 8.18. The van der Waals surface area contributed by atoms with Gasteiger partial charge in [-0.05, 0) is 28.8 Å². The smallest absolute Gasteiger partial charge is 0.251 e. The summed E-state index contributed by atoms with van der Waals surface area (Å²) in [5.41, 5.74) is 3.80. The number of amides is 2. The van der Waals surface area contributed by atoms with Crippen molar-refractivity contribution >= 4 is 11.8 Å². The molecule has 0 saturated heterocycles. The molecule has 0 atom stereocenters. The zero-order chi connectivity index (χ0) is 21.0. The molecule has 154 valence electrons. The van der Waals surface area contributed by atoms with Crippen LogP contribution in [-0.4, -0.2) is 18.4 Å². The third kappa shape index (κ3) is 7.18. The molecule has 0 bridgehead atoms.